The first-order chi connectivity index (χ1) is 13.6. The standard InChI is InChI=1S/C24H16N2O2/c25-18-12-13-20(26-19-11-5-7-14-6-1-2-8-15(14)19)22-21(18)23(27)16-9-3-4-10-17(16)24(22)28/h1-13,26H,25H2. The number of ketones is 2. The molecule has 0 aliphatic heterocycles. The van der Waals surface area contributed by atoms with Gasteiger partial charge in [0.15, 0.2) is 11.6 Å². The van der Waals surface area contributed by atoms with Crippen LogP contribution in [0.2, 0.25) is 0 Å². The molecule has 0 fully saturated rings. The molecule has 3 N–H and O–H groups in total. The Morgan fingerprint density at radius 2 is 1.25 bits per heavy atom. The van der Waals surface area contributed by atoms with Crippen molar-refractivity contribution in [3.8, 4) is 0 Å². The minimum absolute atomic E-state index is 0.194. The van der Waals surface area contributed by atoms with Crippen LogP contribution in [0.5, 0.6) is 0 Å². The Labute approximate surface area is 161 Å². The highest BCUT2D eigenvalue weighted by molar-refractivity contribution is 6.32. The molecule has 4 heteroatoms. The Morgan fingerprint density at radius 1 is 0.607 bits per heavy atom. The van der Waals surface area contributed by atoms with Crippen molar-refractivity contribution < 1.29 is 9.59 Å². The van der Waals surface area contributed by atoms with Gasteiger partial charge in [0.05, 0.1) is 16.8 Å². The van der Waals surface area contributed by atoms with E-state index in [0.717, 1.165) is 16.5 Å². The van der Waals surface area contributed by atoms with Crippen LogP contribution in [-0.4, -0.2) is 11.6 Å². The maximum atomic E-state index is 13.2. The smallest absolute Gasteiger partial charge is 0.196 e. The molecule has 0 aromatic heterocycles. The molecule has 0 amide bonds. The predicted octanol–water partition coefficient (Wildman–Crippen LogP) is 4.94. The number of nitrogens with two attached hydrogens (primary N) is 1. The summed E-state index contributed by atoms with van der Waals surface area (Å²) in [6, 6.07) is 24.2. The van der Waals surface area contributed by atoms with Gasteiger partial charge in [-0.1, -0.05) is 60.7 Å². The molecule has 4 aromatic carbocycles. The Hall–Kier alpha value is -3.92. The van der Waals surface area contributed by atoms with E-state index in [-0.39, 0.29) is 17.1 Å². The van der Waals surface area contributed by atoms with Gasteiger partial charge in [-0.05, 0) is 23.6 Å². The number of rotatable bonds is 2. The molecule has 0 atom stereocenters. The van der Waals surface area contributed by atoms with Gasteiger partial charge < -0.3 is 11.1 Å². The Morgan fingerprint density at radius 3 is 2.04 bits per heavy atom. The highest BCUT2D eigenvalue weighted by Gasteiger charge is 2.33. The lowest BCUT2D eigenvalue weighted by Gasteiger charge is -2.22. The van der Waals surface area contributed by atoms with E-state index in [1.54, 1.807) is 36.4 Å². The van der Waals surface area contributed by atoms with Crippen LogP contribution in [0.15, 0.2) is 78.9 Å². The van der Waals surface area contributed by atoms with E-state index in [1.165, 1.54) is 0 Å². The SMILES string of the molecule is Nc1ccc(Nc2cccc3ccccc23)c2c1C(=O)c1ccccc1C2=O. The molecule has 5 rings (SSSR count). The number of hydrogen-bond acceptors (Lipinski definition) is 4. The van der Waals surface area contributed by atoms with Crippen LogP contribution in [0.4, 0.5) is 17.1 Å². The molecular formula is C24H16N2O2. The summed E-state index contributed by atoms with van der Waals surface area (Å²) in [4.78, 5) is 26.3. The average molecular weight is 364 g/mol. The summed E-state index contributed by atoms with van der Waals surface area (Å²) in [7, 11) is 0. The minimum Gasteiger partial charge on any atom is -0.398 e. The Bertz CT molecular complexity index is 1290. The monoisotopic (exact) mass is 364 g/mol. The lowest BCUT2D eigenvalue weighted by Crippen LogP contribution is -2.23. The summed E-state index contributed by atoms with van der Waals surface area (Å²) in [6.45, 7) is 0. The van der Waals surface area contributed by atoms with E-state index in [1.807, 2.05) is 42.5 Å². The fourth-order valence-corrected chi connectivity index (χ4v) is 3.83. The zero-order valence-corrected chi connectivity index (χ0v) is 14.9. The highest BCUT2D eigenvalue weighted by atomic mass is 16.1. The topological polar surface area (TPSA) is 72.2 Å². The van der Waals surface area contributed by atoms with Crippen molar-refractivity contribution in [3.63, 3.8) is 0 Å². The van der Waals surface area contributed by atoms with Gasteiger partial charge in [0.2, 0.25) is 0 Å². The summed E-state index contributed by atoms with van der Waals surface area (Å²) in [5.74, 6) is -0.412. The van der Waals surface area contributed by atoms with Crippen molar-refractivity contribution in [1.29, 1.82) is 0 Å². The first kappa shape index (κ1) is 16.3. The summed E-state index contributed by atoms with van der Waals surface area (Å²) in [5, 5.41) is 5.48. The predicted molar refractivity (Wildman–Crippen MR) is 111 cm³/mol. The van der Waals surface area contributed by atoms with Crippen molar-refractivity contribution in [2.24, 2.45) is 0 Å². The van der Waals surface area contributed by atoms with Crippen LogP contribution in [0, 0.1) is 0 Å². The van der Waals surface area contributed by atoms with Gasteiger partial charge >= 0.3 is 0 Å². The lowest BCUT2D eigenvalue weighted by atomic mass is 9.82. The Kier molecular flexibility index (Phi) is 3.52. The average Bonchev–Trinajstić information content (AvgIpc) is 2.73. The number of nitrogen functional groups attached to an aromatic ring is 1. The zero-order valence-electron chi connectivity index (χ0n) is 14.9. The normalized spacial score (nSPS) is 12.6. The van der Waals surface area contributed by atoms with E-state index < -0.39 is 0 Å². The molecule has 0 unspecified atom stereocenters. The van der Waals surface area contributed by atoms with Gasteiger partial charge in [0.25, 0.3) is 0 Å². The van der Waals surface area contributed by atoms with E-state index in [4.69, 9.17) is 5.73 Å². The number of carbonyl (C=O) groups is 2. The van der Waals surface area contributed by atoms with Gasteiger partial charge in [-0.15, -0.1) is 0 Å². The third-order valence-corrected chi connectivity index (χ3v) is 5.17. The van der Waals surface area contributed by atoms with Gasteiger partial charge in [0.1, 0.15) is 0 Å². The molecule has 134 valence electrons. The van der Waals surface area contributed by atoms with Crippen LogP contribution >= 0.6 is 0 Å². The fourth-order valence-electron chi connectivity index (χ4n) is 3.83. The molecule has 1 aliphatic carbocycles. The lowest BCUT2D eigenvalue weighted by molar-refractivity contribution is 0.0980. The maximum Gasteiger partial charge on any atom is 0.196 e. The van der Waals surface area contributed by atoms with E-state index in [2.05, 4.69) is 5.32 Å². The first-order valence-corrected chi connectivity index (χ1v) is 9.01. The molecular weight excluding hydrogens is 348 g/mol. The third-order valence-electron chi connectivity index (χ3n) is 5.17. The molecule has 0 heterocycles. The number of anilines is 3. The zero-order chi connectivity index (χ0) is 19.3. The van der Waals surface area contributed by atoms with Crippen LogP contribution in [0.25, 0.3) is 10.8 Å². The van der Waals surface area contributed by atoms with E-state index >= 15 is 0 Å². The van der Waals surface area contributed by atoms with Gasteiger partial charge in [-0.3, -0.25) is 9.59 Å². The molecule has 28 heavy (non-hydrogen) atoms. The quantitative estimate of drug-likeness (QED) is 0.435. The second-order valence-corrected chi connectivity index (χ2v) is 6.81. The molecule has 0 spiro atoms. The number of fused-ring (bicyclic) bond motifs is 3. The van der Waals surface area contributed by atoms with Gasteiger partial charge in [0, 0.05) is 27.9 Å². The van der Waals surface area contributed by atoms with Gasteiger partial charge in [-0.2, -0.15) is 0 Å². The first-order valence-electron chi connectivity index (χ1n) is 9.01. The molecule has 0 saturated heterocycles. The van der Waals surface area contributed by atoms with Crippen LogP contribution in [0.1, 0.15) is 31.8 Å². The highest BCUT2D eigenvalue weighted by Crippen LogP contribution is 2.37. The number of hydrogen-bond donors (Lipinski definition) is 2. The van der Waals surface area contributed by atoms with Crippen molar-refractivity contribution in [3.05, 3.63) is 101 Å². The summed E-state index contributed by atoms with van der Waals surface area (Å²) < 4.78 is 0. The van der Waals surface area contributed by atoms with Gasteiger partial charge in [-0.25, -0.2) is 0 Å². The van der Waals surface area contributed by atoms with Crippen molar-refractivity contribution in [1.82, 2.24) is 0 Å². The van der Waals surface area contributed by atoms with Crippen molar-refractivity contribution >= 4 is 39.4 Å². The van der Waals surface area contributed by atoms with Crippen LogP contribution < -0.4 is 11.1 Å². The molecule has 4 nitrogen and oxygen atoms in total. The molecule has 0 saturated carbocycles. The number of carbonyl (C=O) groups excluding carboxylic acids is 2. The molecule has 0 bridgehead atoms. The van der Waals surface area contributed by atoms with Crippen molar-refractivity contribution in [2.45, 2.75) is 0 Å². The second-order valence-electron chi connectivity index (χ2n) is 6.81. The number of benzene rings is 4. The largest absolute Gasteiger partial charge is 0.398 e. The fraction of sp³-hybridized carbons (Fsp3) is 0. The third kappa shape index (κ3) is 2.32. The molecule has 4 aromatic rings. The molecule has 0 radical (unpaired) electrons. The maximum absolute atomic E-state index is 13.2. The minimum atomic E-state index is -0.218. The molecule has 1 aliphatic rings. The van der Waals surface area contributed by atoms with E-state index in [0.29, 0.717) is 28.1 Å². The van der Waals surface area contributed by atoms with Crippen molar-refractivity contribution in [2.75, 3.05) is 11.1 Å². The van der Waals surface area contributed by atoms with Crippen LogP contribution in [0.3, 0.4) is 0 Å². The Balaban J connectivity index is 1.71. The van der Waals surface area contributed by atoms with E-state index in [9.17, 15) is 9.59 Å². The second kappa shape index (κ2) is 6.06. The summed E-state index contributed by atoms with van der Waals surface area (Å²) in [6.07, 6.45) is 0. The van der Waals surface area contributed by atoms with Crippen LogP contribution in [-0.2, 0) is 0 Å². The summed E-state index contributed by atoms with van der Waals surface area (Å²) >= 11 is 0. The summed E-state index contributed by atoms with van der Waals surface area (Å²) in [5.41, 5.74) is 9.27. The number of nitrogens with one attached hydrogen (secondary N) is 1.